The molecule has 0 bridgehead atoms. The molecule has 0 saturated heterocycles. The van der Waals surface area contributed by atoms with Gasteiger partial charge in [-0.1, -0.05) is 6.07 Å². The third-order valence-electron chi connectivity index (χ3n) is 3.34. The quantitative estimate of drug-likeness (QED) is 0.940. The van der Waals surface area contributed by atoms with Crippen LogP contribution in [0.2, 0.25) is 0 Å². The Bertz CT molecular complexity index is 676. The van der Waals surface area contributed by atoms with Crippen LogP contribution in [0.4, 0.5) is 0 Å². The Morgan fingerprint density at radius 3 is 2.62 bits per heavy atom. The number of pyridine rings is 1. The maximum atomic E-state index is 9.36. The molecule has 1 aromatic heterocycles. The van der Waals surface area contributed by atoms with Crippen LogP contribution in [0.1, 0.15) is 16.8 Å². The molecular formula is C17H18N2O2. The van der Waals surface area contributed by atoms with E-state index < -0.39 is 0 Å². The Labute approximate surface area is 124 Å². The Morgan fingerprint density at radius 1 is 1.14 bits per heavy atom. The van der Waals surface area contributed by atoms with Gasteiger partial charge in [0, 0.05) is 17.7 Å². The van der Waals surface area contributed by atoms with Gasteiger partial charge in [-0.05, 0) is 56.9 Å². The van der Waals surface area contributed by atoms with Crippen molar-refractivity contribution in [3.8, 4) is 11.6 Å². The van der Waals surface area contributed by atoms with E-state index in [0.29, 0.717) is 5.88 Å². The summed E-state index contributed by atoms with van der Waals surface area (Å²) in [6.45, 7) is 0.787. The summed E-state index contributed by atoms with van der Waals surface area (Å²) in [5.41, 5.74) is 3.03. The van der Waals surface area contributed by atoms with Crippen LogP contribution in [0.5, 0.6) is 11.6 Å². The predicted molar refractivity (Wildman–Crippen MR) is 82.0 cm³/mol. The summed E-state index contributed by atoms with van der Waals surface area (Å²) in [6, 6.07) is 11.1. The molecule has 0 radical (unpaired) electrons. The van der Waals surface area contributed by atoms with Crippen LogP contribution in [-0.2, 0) is 13.0 Å². The maximum absolute atomic E-state index is 9.36. The second-order valence-electron chi connectivity index (χ2n) is 5.43. The first-order valence-corrected chi connectivity index (χ1v) is 6.93. The van der Waals surface area contributed by atoms with Crippen molar-refractivity contribution in [3.63, 3.8) is 0 Å². The van der Waals surface area contributed by atoms with E-state index in [9.17, 15) is 5.11 Å². The van der Waals surface area contributed by atoms with Crippen LogP contribution in [0.3, 0.4) is 0 Å². The SMILES string of the molecule is CN(C)Cc1ccc2c(n1)OC(c1ccc(O)cc1)=CC2. The van der Waals surface area contributed by atoms with Gasteiger partial charge in [0.15, 0.2) is 0 Å². The zero-order chi connectivity index (χ0) is 14.8. The minimum atomic E-state index is 0.252. The average molecular weight is 282 g/mol. The van der Waals surface area contributed by atoms with Gasteiger partial charge in [0.2, 0.25) is 5.88 Å². The molecule has 0 spiro atoms. The van der Waals surface area contributed by atoms with E-state index in [0.717, 1.165) is 35.5 Å². The number of hydrogen-bond acceptors (Lipinski definition) is 4. The molecule has 4 nitrogen and oxygen atoms in total. The topological polar surface area (TPSA) is 45.6 Å². The Balaban J connectivity index is 1.85. The van der Waals surface area contributed by atoms with E-state index in [1.54, 1.807) is 12.1 Å². The molecule has 2 heterocycles. The molecule has 4 heteroatoms. The maximum Gasteiger partial charge on any atom is 0.223 e. The molecule has 0 saturated carbocycles. The fourth-order valence-corrected chi connectivity index (χ4v) is 2.31. The normalized spacial score (nSPS) is 13.6. The zero-order valence-corrected chi connectivity index (χ0v) is 12.2. The van der Waals surface area contributed by atoms with Gasteiger partial charge in [-0.2, -0.15) is 0 Å². The summed E-state index contributed by atoms with van der Waals surface area (Å²) >= 11 is 0. The first-order valence-electron chi connectivity index (χ1n) is 6.93. The van der Waals surface area contributed by atoms with Crippen molar-refractivity contribution in [1.82, 2.24) is 9.88 Å². The minimum absolute atomic E-state index is 0.252. The van der Waals surface area contributed by atoms with E-state index in [2.05, 4.69) is 16.0 Å². The van der Waals surface area contributed by atoms with Crippen LogP contribution in [0.15, 0.2) is 42.5 Å². The molecule has 1 aromatic carbocycles. The van der Waals surface area contributed by atoms with Crippen LogP contribution < -0.4 is 4.74 Å². The van der Waals surface area contributed by atoms with Crippen LogP contribution >= 0.6 is 0 Å². The van der Waals surface area contributed by atoms with E-state index in [-0.39, 0.29) is 5.75 Å². The summed E-state index contributed by atoms with van der Waals surface area (Å²) in [7, 11) is 4.04. The van der Waals surface area contributed by atoms with Crippen molar-refractivity contribution in [1.29, 1.82) is 0 Å². The lowest BCUT2D eigenvalue weighted by Gasteiger charge is -2.19. The van der Waals surface area contributed by atoms with Crippen molar-refractivity contribution >= 4 is 5.76 Å². The lowest BCUT2D eigenvalue weighted by molar-refractivity contribution is 0.391. The third kappa shape index (κ3) is 3.06. The van der Waals surface area contributed by atoms with Crippen molar-refractivity contribution in [2.75, 3.05) is 14.1 Å². The molecular weight excluding hydrogens is 264 g/mol. The molecule has 1 aliphatic rings. The molecule has 2 aromatic rings. The van der Waals surface area contributed by atoms with Gasteiger partial charge in [0.05, 0.1) is 5.69 Å². The van der Waals surface area contributed by atoms with Crippen molar-refractivity contribution in [3.05, 3.63) is 59.3 Å². The summed E-state index contributed by atoms with van der Waals surface area (Å²) in [5.74, 6) is 1.72. The van der Waals surface area contributed by atoms with Gasteiger partial charge >= 0.3 is 0 Å². The van der Waals surface area contributed by atoms with E-state index >= 15 is 0 Å². The molecule has 21 heavy (non-hydrogen) atoms. The first kappa shape index (κ1) is 13.6. The summed E-state index contributed by atoms with van der Waals surface area (Å²) < 4.78 is 5.93. The number of nitrogens with zero attached hydrogens (tertiary/aromatic N) is 2. The van der Waals surface area contributed by atoms with Crippen LogP contribution in [-0.4, -0.2) is 29.1 Å². The Kier molecular flexibility index (Phi) is 3.62. The van der Waals surface area contributed by atoms with Crippen LogP contribution in [0, 0.1) is 0 Å². The highest BCUT2D eigenvalue weighted by molar-refractivity contribution is 5.65. The highest BCUT2D eigenvalue weighted by atomic mass is 16.5. The summed E-state index contributed by atoms with van der Waals surface area (Å²) in [4.78, 5) is 6.67. The molecule has 1 N–H and O–H groups in total. The predicted octanol–water partition coefficient (Wildman–Crippen LogP) is 2.82. The number of allylic oxidation sites excluding steroid dienone is 1. The second kappa shape index (κ2) is 5.58. The Morgan fingerprint density at radius 2 is 1.90 bits per heavy atom. The number of phenolic OH excluding ortho intramolecular Hbond substituents is 1. The lowest BCUT2D eigenvalue weighted by Crippen LogP contribution is -2.13. The number of phenols is 1. The van der Waals surface area contributed by atoms with Crippen molar-refractivity contribution < 1.29 is 9.84 Å². The first-order chi connectivity index (χ1) is 10.1. The highest BCUT2D eigenvalue weighted by Crippen LogP contribution is 2.29. The number of fused-ring (bicyclic) bond motifs is 1. The molecule has 0 aliphatic carbocycles. The molecule has 1 aliphatic heterocycles. The van der Waals surface area contributed by atoms with Gasteiger partial charge in [0.1, 0.15) is 11.5 Å². The Hall–Kier alpha value is -2.33. The largest absolute Gasteiger partial charge is 0.508 e. The van der Waals surface area contributed by atoms with E-state index in [4.69, 9.17) is 4.74 Å². The standard InChI is InChI=1S/C17H18N2O2/c1-19(2)11-14-7-3-13-6-10-16(21-17(13)18-14)12-4-8-15(20)9-5-12/h3-5,7-10,20H,6,11H2,1-2H3. The molecule has 3 rings (SSSR count). The van der Waals surface area contributed by atoms with E-state index in [1.807, 2.05) is 38.4 Å². The highest BCUT2D eigenvalue weighted by Gasteiger charge is 2.16. The number of aromatic hydroxyl groups is 1. The fraction of sp³-hybridized carbons (Fsp3) is 0.235. The number of benzene rings is 1. The van der Waals surface area contributed by atoms with Gasteiger partial charge in [-0.25, -0.2) is 4.98 Å². The summed E-state index contributed by atoms with van der Waals surface area (Å²) in [6.07, 6.45) is 2.85. The molecule has 0 unspecified atom stereocenters. The number of hydrogen-bond donors (Lipinski definition) is 1. The van der Waals surface area contributed by atoms with E-state index in [1.165, 1.54) is 0 Å². The smallest absolute Gasteiger partial charge is 0.223 e. The average Bonchev–Trinajstić information content (AvgIpc) is 2.46. The molecule has 0 fully saturated rings. The zero-order valence-electron chi connectivity index (χ0n) is 12.2. The number of ether oxygens (including phenoxy) is 1. The van der Waals surface area contributed by atoms with Crippen molar-refractivity contribution in [2.24, 2.45) is 0 Å². The molecule has 0 atom stereocenters. The molecule has 108 valence electrons. The third-order valence-corrected chi connectivity index (χ3v) is 3.34. The minimum Gasteiger partial charge on any atom is -0.508 e. The summed E-state index contributed by atoms with van der Waals surface area (Å²) in [5, 5.41) is 9.36. The second-order valence-corrected chi connectivity index (χ2v) is 5.43. The molecule has 0 amide bonds. The van der Waals surface area contributed by atoms with Crippen molar-refractivity contribution in [2.45, 2.75) is 13.0 Å². The lowest BCUT2D eigenvalue weighted by atomic mass is 10.1. The number of aromatic nitrogens is 1. The van der Waals surface area contributed by atoms with Crippen LogP contribution in [0.25, 0.3) is 5.76 Å². The fourth-order valence-electron chi connectivity index (χ4n) is 2.31. The van der Waals surface area contributed by atoms with Gasteiger partial charge in [-0.15, -0.1) is 0 Å². The van der Waals surface area contributed by atoms with Gasteiger partial charge in [0.25, 0.3) is 0 Å². The monoisotopic (exact) mass is 282 g/mol. The van der Waals surface area contributed by atoms with Gasteiger partial charge in [-0.3, -0.25) is 0 Å². The van der Waals surface area contributed by atoms with Gasteiger partial charge < -0.3 is 14.7 Å². The number of rotatable bonds is 3.